The zero-order valence-corrected chi connectivity index (χ0v) is 19.3. The van der Waals surface area contributed by atoms with Gasteiger partial charge in [-0.1, -0.05) is 6.07 Å². The van der Waals surface area contributed by atoms with Gasteiger partial charge in [-0.3, -0.25) is 0 Å². The van der Waals surface area contributed by atoms with E-state index in [2.05, 4.69) is 21.3 Å². The minimum atomic E-state index is -4.00. The number of halogens is 3. The third-order valence-corrected chi connectivity index (χ3v) is 5.45. The molecule has 1 N–H and O–H groups in total. The van der Waals surface area contributed by atoms with Gasteiger partial charge in [0.15, 0.2) is 0 Å². The van der Waals surface area contributed by atoms with Gasteiger partial charge in [-0.15, -0.1) is 0 Å². The molecule has 1 aromatic heterocycles. The number of hydrogen-bond donors (Lipinski definition) is 1. The van der Waals surface area contributed by atoms with E-state index in [1.54, 1.807) is 6.07 Å². The van der Waals surface area contributed by atoms with E-state index < -0.39 is 6.18 Å². The van der Waals surface area contributed by atoms with Crippen LogP contribution in [0.1, 0.15) is 31.0 Å². The highest BCUT2D eigenvalue weighted by Gasteiger charge is 2.19. The van der Waals surface area contributed by atoms with E-state index in [0.717, 1.165) is 67.2 Å². The van der Waals surface area contributed by atoms with Gasteiger partial charge in [0.2, 0.25) is 0 Å². The molecule has 7 nitrogen and oxygen atoms in total. The highest BCUT2D eigenvalue weighted by molar-refractivity contribution is 5.90. The number of nitrogens with zero attached hydrogens (tertiary/aromatic N) is 4. The standard InChI is InChI=1S/C22H25N5O2.C2H3F3/c1-16-4-5-18(25-22(28)27-6-2-3-7-27)14-20(16)17-12-19(15-23)24-21(13-17)26-8-10-29-11-9-26;1-2(3,4)5/h4-5,12-14H,2-3,6-11H2,1H3,(H,25,28);1H3. The number of aromatic nitrogens is 1. The Hall–Kier alpha value is -3.32. The Morgan fingerprint density at radius 3 is 2.38 bits per heavy atom. The molecule has 2 aromatic rings. The molecule has 34 heavy (non-hydrogen) atoms. The lowest BCUT2D eigenvalue weighted by atomic mass is 9.99. The van der Waals surface area contributed by atoms with Gasteiger partial charge in [-0.2, -0.15) is 18.4 Å². The first-order valence-corrected chi connectivity index (χ1v) is 11.1. The van der Waals surface area contributed by atoms with Crippen molar-refractivity contribution in [2.45, 2.75) is 32.9 Å². The molecule has 0 bridgehead atoms. The highest BCUT2D eigenvalue weighted by atomic mass is 19.4. The number of ether oxygens (including phenoxy) is 1. The third-order valence-electron chi connectivity index (χ3n) is 5.45. The summed E-state index contributed by atoms with van der Waals surface area (Å²) in [5.74, 6) is 0.785. The summed E-state index contributed by atoms with van der Waals surface area (Å²) in [5.41, 5.74) is 4.12. The van der Waals surface area contributed by atoms with Crippen molar-refractivity contribution in [3.63, 3.8) is 0 Å². The number of rotatable bonds is 3. The van der Waals surface area contributed by atoms with Crippen molar-refractivity contribution < 1.29 is 22.7 Å². The van der Waals surface area contributed by atoms with Gasteiger partial charge < -0.3 is 19.9 Å². The Bertz CT molecular complexity index is 1030. The summed E-state index contributed by atoms with van der Waals surface area (Å²) in [6.07, 6.45) is -1.88. The number of carbonyl (C=O) groups is 1. The second kappa shape index (κ2) is 11.2. The zero-order chi connectivity index (χ0) is 24.7. The molecule has 182 valence electrons. The van der Waals surface area contributed by atoms with Crippen molar-refractivity contribution in [3.05, 3.63) is 41.6 Å². The topological polar surface area (TPSA) is 81.5 Å². The van der Waals surface area contributed by atoms with E-state index in [1.807, 2.05) is 36.1 Å². The number of carbonyl (C=O) groups excluding carboxylic acids is 1. The predicted octanol–water partition coefficient (Wildman–Crippen LogP) is 4.96. The zero-order valence-electron chi connectivity index (χ0n) is 19.3. The second-order valence-corrected chi connectivity index (χ2v) is 8.25. The van der Waals surface area contributed by atoms with Crippen LogP contribution in [-0.2, 0) is 4.74 Å². The number of benzene rings is 1. The molecule has 2 fully saturated rings. The molecule has 0 atom stereocenters. The molecule has 2 amide bonds. The first-order chi connectivity index (χ1) is 16.1. The van der Waals surface area contributed by atoms with E-state index in [1.165, 1.54) is 0 Å². The minimum absolute atomic E-state index is 0.0567. The van der Waals surface area contributed by atoms with Crippen molar-refractivity contribution in [3.8, 4) is 17.2 Å². The molecule has 3 heterocycles. The fourth-order valence-corrected chi connectivity index (χ4v) is 3.82. The molecule has 10 heteroatoms. The first-order valence-electron chi connectivity index (χ1n) is 11.1. The van der Waals surface area contributed by atoms with Crippen LogP contribution in [0.3, 0.4) is 0 Å². The van der Waals surface area contributed by atoms with Gasteiger partial charge >= 0.3 is 12.2 Å². The summed E-state index contributed by atoms with van der Waals surface area (Å²) in [5, 5.41) is 12.5. The minimum Gasteiger partial charge on any atom is -0.378 e. The highest BCUT2D eigenvalue weighted by Crippen LogP contribution is 2.30. The summed E-state index contributed by atoms with van der Waals surface area (Å²) < 4.78 is 36.5. The van der Waals surface area contributed by atoms with E-state index in [9.17, 15) is 23.2 Å². The van der Waals surface area contributed by atoms with Crippen LogP contribution in [0.25, 0.3) is 11.1 Å². The van der Waals surface area contributed by atoms with Gasteiger partial charge in [0, 0.05) is 38.8 Å². The summed E-state index contributed by atoms with van der Waals surface area (Å²) >= 11 is 0. The molecular weight excluding hydrogens is 447 g/mol. The molecule has 1 aromatic carbocycles. The summed E-state index contributed by atoms with van der Waals surface area (Å²) in [7, 11) is 0. The number of pyridine rings is 1. The second-order valence-electron chi connectivity index (χ2n) is 8.25. The molecule has 2 aliphatic heterocycles. The van der Waals surface area contributed by atoms with Crippen molar-refractivity contribution in [2.75, 3.05) is 49.6 Å². The summed E-state index contributed by atoms with van der Waals surface area (Å²) in [4.78, 5) is 20.9. The van der Waals surface area contributed by atoms with Gasteiger partial charge in [0.05, 0.1) is 13.2 Å². The van der Waals surface area contributed by atoms with Crippen LogP contribution in [0.2, 0.25) is 0 Å². The molecule has 4 rings (SSSR count). The predicted molar refractivity (Wildman–Crippen MR) is 124 cm³/mol. The number of likely N-dealkylation sites (tertiary alicyclic amines) is 1. The Labute approximate surface area is 197 Å². The van der Waals surface area contributed by atoms with Gasteiger partial charge in [-0.05, 0) is 60.7 Å². The lowest BCUT2D eigenvalue weighted by molar-refractivity contribution is -0.110. The normalized spacial score (nSPS) is 15.9. The number of alkyl halides is 3. The number of anilines is 2. The summed E-state index contributed by atoms with van der Waals surface area (Å²) in [6, 6.07) is 11.8. The lowest BCUT2D eigenvalue weighted by Gasteiger charge is -2.28. The van der Waals surface area contributed by atoms with Crippen LogP contribution in [0.5, 0.6) is 0 Å². The van der Waals surface area contributed by atoms with Crippen LogP contribution >= 0.6 is 0 Å². The number of aryl methyl sites for hydroxylation is 1. The Balaban J connectivity index is 0.000000588. The Morgan fingerprint density at radius 2 is 1.76 bits per heavy atom. The molecular formula is C24H28F3N5O2. The Kier molecular flexibility index (Phi) is 8.34. The van der Waals surface area contributed by atoms with E-state index in [-0.39, 0.29) is 13.0 Å². The molecule has 2 aliphatic rings. The number of morpholine rings is 1. The summed E-state index contributed by atoms with van der Waals surface area (Å²) in [6.45, 7) is 6.66. The third kappa shape index (κ3) is 7.35. The maximum atomic E-state index is 12.5. The van der Waals surface area contributed by atoms with E-state index in [4.69, 9.17) is 4.74 Å². The van der Waals surface area contributed by atoms with Crippen molar-refractivity contribution in [1.82, 2.24) is 9.88 Å². The lowest BCUT2D eigenvalue weighted by Crippen LogP contribution is -2.36. The van der Waals surface area contributed by atoms with E-state index >= 15 is 0 Å². The smallest absolute Gasteiger partial charge is 0.378 e. The van der Waals surface area contributed by atoms with Crippen LogP contribution in [0.4, 0.5) is 29.5 Å². The fraction of sp³-hybridized carbons (Fsp3) is 0.458. The average molecular weight is 476 g/mol. The first kappa shape index (κ1) is 25.3. The van der Waals surface area contributed by atoms with Crippen LogP contribution in [-0.4, -0.2) is 61.5 Å². The molecule has 0 radical (unpaired) electrons. The van der Waals surface area contributed by atoms with E-state index in [0.29, 0.717) is 18.9 Å². The van der Waals surface area contributed by atoms with Gasteiger partial charge in [0.1, 0.15) is 17.6 Å². The Morgan fingerprint density at radius 1 is 1.12 bits per heavy atom. The molecule has 0 saturated carbocycles. The van der Waals surface area contributed by atoms with Crippen molar-refractivity contribution in [1.29, 1.82) is 5.26 Å². The molecule has 0 aliphatic carbocycles. The molecule has 0 unspecified atom stereocenters. The van der Waals surface area contributed by atoms with Gasteiger partial charge in [0.25, 0.3) is 0 Å². The van der Waals surface area contributed by atoms with Crippen LogP contribution < -0.4 is 10.2 Å². The number of nitrogens with one attached hydrogen (secondary N) is 1. The molecule has 2 saturated heterocycles. The molecule has 0 spiro atoms. The largest absolute Gasteiger partial charge is 0.386 e. The van der Waals surface area contributed by atoms with Gasteiger partial charge in [-0.25, -0.2) is 9.78 Å². The van der Waals surface area contributed by atoms with Crippen molar-refractivity contribution in [2.24, 2.45) is 0 Å². The monoisotopic (exact) mass is 475 g/mol. The SMILES string of the molecule is CC(F)(F)F.Cc1ccc(NC(=O)N2CCCC2)cc1-c1cc(C#N)nc(N2CCOCC2)c1. The average Bonchev–Trinajstić information content (AvgIpc) is 3.35. The number of urea groups is 1. The van der Waals surface area contributed by atoms with Crippen molar-refractivity contribution >= 4 is 17.5 Å². The van der Waals surface area contributed by atoms with Crippen LogP contribution in [0, 0.1) is 18.3 Å². The fourth-order valence-electron chi connectivity index (χ4n) is 3.82. The van der Waals surface area contributed by atoms with Crippen LogP contribution in [0.15, 0.2) is 30.3 Å². The number of nitriles is 1. The maximum Gasteiger partial charge on any atom is 0.386 e. The quantitative estimate of drug-likeness (QED) is 0.679. The number of amides is 2. The maximum absolute atomic E-state index is 12.5. The number of hydrogen-bond acceptors (Lipinski definition) is 5.